The van der Waals surface area contributed by atoms with E-state index in [9.17, 15) is 5.26 Å². The molecule has 0 spiro atoms. The van der Waals surface area contributed by atoms with Gasteiger partial charge in [-0.15, -0.1) is 0 Å². The van der Waals surface area contributed by atoms with Crippen LogP contribution < -0.4 is 15.4 Å². The van der Waals surface area contributed by atoms with E-state index < -0.39 is 0 Å². The van der Waals surface area contributed by atoms with Crippen LogP contribution in [0.2, 0.25) is 0 Å². The first-order valence-electron chi connectivity index (χ1n) is 8.98. The SMILES string of the molecule is CNc1cc(C)nc(Nc2ccc(OC)c(-c3cc4[nH]ccc4c(C#N)n3)c2)n1. The normalized spacial score (nSPS) is 10.6. The van der Waals surface area contributed by atoms with Crippen molar-refractivity contribution in [2.24, 2.45) is 0 Å². The van der Waals surface area contributed by atoms with Gasteiger partial charge in [0.1, 0.15) is 17.6 Å². The van der Waals surface area contributed by atoms with E-state index >= 15 is 0 Å². The second kappa shape index (κ2) is 7.48. The van der Waals surface area contributed by atoms with Crippen molar-refractivity contribution in [3.8, 4) is 23.1 Å². The van der Waals surface area contributed by atoms with E-state index in [1.54, 1.807) is 13.3 Å². The number of nitriles is 1. The second-order valence-corrected chi connectivity index (χ2v) is 6.42. The molecule has 3 N–H and O–H groups in total. The second-order valence-electron chi connectivity index (χ2n) is 6.42. The van der Waals surface area contributed by atoms with Gasteiger partial charge in [0.15, 0.2) is 5.69 Å². The monoisotopic (exact) mass is 385 g/mol. The van der Waals surface area contributed by atoms with E-state index in [0.717, 1.165) is 33.7 Å². The molecule has 0 saturated heterocycles. The first kappa shape index (κ1) is 18.3. The molecule has 8 nitrogen and oxygen atoms in total. The van der Waals surface area contributed by atoms with Crippen molar-refractivity contribution in [2.45, 2.75) is 6.92 Å². The van der Waals surface area contributed by atoms with Crippen LogP contribution in [-0.4, -0.2) is 34.1 Å². The van der Waals surface area contributed by atoms with Gasteiger partial charge in [-0.25, -0.2) is 9.97 Å². The lowest BCUT2D eigenvalue weighted by Crippen LogP contribution is -2.02. The van der Waals surface area contributed by atoms with Gasteiger partial charge >= 0.3 is 0 Å². The number of anilines is 3. The number of aromatic nitrogens is 4. The number of pyridine rings is 1. The fourth-order valence-corrected chi connectivity index (χ4v) is 3.15. The summed E-state index contributed by atoms with van der Waals surface area (Å²) in [5, 5.41) is 16.5. The Hall–Kier alpha value is -4.12. The molecule has 0 radical (unpaired) electrons. The van der Waals surface area contributed by atoms with Crippen molar-refractivity contribution in [2.75, 3.05) is 24.8 Å². The Morgan fingerprint density at radius 3 is 2.72 bits per heavy atom. The zero-order valence-corrected chi connectivity index (χ0v) is 16.2. The molecule has 29 heavy (non-hydrogen) atoms. The number of aromatic amines is 1. The molecular formula is C21H19N7O. The fourth-order valence-electron chi connectivity index (χ4n) is 3.15. The molecule has 144 valence electrons. The number of nitrogens with zero attached hydrogens (tertiary/aromatic N) is 4. The number of aryl methyl sites for hydroxylation is 1. The molecule has 3 heterocycles. The van der Waals surface area contributed by atoms with E-state index in [1.165, 1.54) is 0 Å². The third kappa shape index (κ3) is 3.53. The predicted molar refractivity (Wildman–Crippen MR) is 112 cm³/mol. The van der Waals surface area contributed by atoms with E-state index in [4.69, 9.17) is 4.74 Å². The molecule has 0 atom stereocenters. The lowest BCUT2D eigenvalue weighted by Gasteiger charge is -2.13. The van der Waals surface area contributed by atoms with Crippen molar-refractivity contribution in [3.63, 3.8) is 0 Å². The van der Waals surface area contributed by atoms with Crippen LogP contribution in [0.3, 0.4) is 0 Å². The van der Waals surface area contributed by atoms with Crippen LogP contribution in [0, 0.1) is 18.3 Å². The lowest BCUT2D eigenvalue weighted by atomic mass is 10.1. The van der Waals surface area contributed by atoms with E-state index in [1.807, 2.05) is 50.4 Å². The number of H-pyrrole nitrogens is 1. The Bertz CT molecular complexity index is 1240. The van der Waals surface area contributed by atoms with Gasteiger partial charge in [-0.2, -0.15) is 10.2 Å². The Morgan fingerprint density at radius 1 is 1.10 bits per heavy atom. The summed E-state index contributed by atoms with van der Waals surface area (Å²) in [6.45, 7) is 1.91. The van der Waals surface area contributed by atoms with Crippen LogP contribution in [0.25, 0.3) is 22.2 Å². The van der Waals surface area contributed by atoms with Gasteiger partial charge < -0.3 is 20.4 Å². The first-order valence-corrected chi connectivity index (χ1v) is 8.98. The quantitative estimate of drug-likeness (QED) is 0.476. The molecule has 0 aliphatic heterocycles. The summed E-state index contributed by atoms with van der Waals surface area (Å²) in [6.07, 6.45) is 1.79. The number of fused-ring (bicyclic) bond motifs is 1. The maximum atomic E-state index is 9.48. The minimum atomic E-state index is 0.361. The van der Waals surface area contributed by atoms with Crippen LogP contribution in [0.1, 0.15) is 11.4 Å². The van der Waals surface area contributed by atoms with Crippen LogP contribution in [0.5, 0.6) is 5.75 Å². The summed E-state index contributed by atoms with van der Waals surface area (Å²) < 4.78 is 5.53. The molecule has 0 fully saturated rings. The van der Waals surface area contributed by atoms with E-state index in [2.05, 4.69) is 36.6 Å². The summed E-state index contributed by atoms with van der Waals surface area (Å²) in [6, 6.07) is 13.4. The third-order valence-corrected chi connectivity index (χ3v) is 4.50. The third-order valence-electron chi connectivity index (χ3n) is 4.50. The Balaban J connectivity index is 1.79. The molecule has 0 aliphatic carbocycles. The van der Waals surface area contributed by atoms with Crippen molar-refractivity contribution >= 4 is 28.4 Å². The zero-order valence-electron chi connectivity index (χ0n) is 16.2. The maximum absolute atomic E-state index is 9.48. The van der Waals surface area contributed by atoms with Gasteiger partial charge in [-0.1, -0.05) is 0 Å². The number of nitrogens with one attached hydrogen (secondary N) is 3. The van der Waals surface area contributed by atoms with Crippen molar-refractivity contribution in [1.29, 1.82) is 5.26 Å². The minimum absolute atomic E-state index is 0.361. The summed E-state index contributed by atoms with van der Waals surface area (Å²) >= 11 is 0. The van der Waals surface area contributed by atoms with Gasteiger partial charge in [0, 0.05) is 41.6 Å². The van der Waals surface area contributed by atoms with Crippen LogP contribution in [0.15, 0.2) is 42.6 Å². The topological polar surface area (TPSA) is 112 Å². The van der Waals surface area contributed by atoms with Gasteiger partial charge in [0.2, 0.25) is 5.95 Å². The molecule has 0 bridgehead atoms. The van der Waals surface area contributed by atoms with Crippen molar-refractivity contribution < 1.29 is 4.74 Å². The van der Waals surface area contributed by atoms with Crippen LogP contribution >= 0.6 is 0 Å². The molecule has 0 saturated carbocycles. The summed E-state index contributed by atoms with van der Waals surface area (Å²) in [4.78, 5) is 16.5. The molecule has 1 aromatic carbocycles. The van der Waals surface area contributed by atoms with E-state index in [-0.39, 0.29) is 0 Å². The molecule has 4 rings (SSSR count). The minimum Gasteiger partial charge on any atom is -0.496 e. The van der Waals surface area contributed by atoms with Crippen LogP contribution in [0.4, 0.5) is 17.5 Å². The number of hydrogen-bond donors (Lipinski definition) is 3. The predicted octanol–water partition coefficient (Wildman–Crippen LogP) is 3.99. The molecule has 0 amide bonds. The first-order chi connectivity index (χ1) is 14.1. The highest BCUT2D eigenvalue weighted by molar-refractivity contribution is 5.88. The fraction of sp³-hybridized carbons (Fsp3) is 0.143. The standard InChI is InChI=1S/C21H19N7O/c1-12-8-20(23-2)28-21(25-12)26-13-4-5-19(29-3)15(9-13)17-10-16-14(6-7-24-16)18(11-22)27-17/h4-10,24H,1-3H3,(H2,23,25,26,28). The van der Waals surface area contributed by atoms with Gasteiger partial charge in [-0.05, 0) is 37.3 Å². The Kier molecular flexibility index (Phi) is 4.71. The number of hydrogen-bond acceptors (Lipinski definition) is 7. The lowest BCUT2D eigenvalue weighted by molar-refractivity contribution is 0.416. The highest BCUT2D eigenvalue weighted by Gasteiger charge is 2.14. The Labute approximate surface area is 167 Å². The average molecular weight is 385 g/mol. The molecule has 4 aromatic rings. The molecule has 0 aliphatic rings. The summed E-state index contributed by atoms with van der Waals surface area (Å²) in [7, 11) is 3.42. The van der Waals surface area contributed by atoms with Gasteiger partial charge in [-0.3, -0.25) is 0 Å². The highest BCUT2D eigenvalue weighted by Crippen LogP contribution is 2.34. The largest absolute Gasteiger partial charge is 0.496 e. The zero-order chi connectivity index (χ0) is 20.4. The molecular weight excluding hydrogens is 366 g/mol. The number of rotatable bonds is 5. The smallest absolute Gasteiger partial charge is 0.229 e. The summed E-state index contributed by atoms with van der Waals surface area (Å²) in [5.41, 5.74) is 4.22. The van der Waals surface area contributed by atoms with Gasteiger partial charge in [0.05, 0.1) is 18.3 Å². The molecule has 0 unspecified atom stereocenters. The number of benzene rings is 1. The number of methoxy groups -OCH3 is 1. The molecule has 8 heteroatoms. The average Bonchev–Trinajstić information content (AvgIpc) is 3.21. The van der Waals surface area contributed by atoms with Crippen LogP contribution in [-0.2, 0) is 0 Å². The van der Waals surface area contributed by atoms with Gasteiger partial charge in [0.25, 0.3) is 0 Å². The molecule has 3 aromatic heterocycles. The van der Waals surface area contributed by atoms with Crippen molar-refractivity contribution in [1.82, 2.24) is 19.9 Å². The highest BCUT2D eigenvalue weighted by atomic mass is 16.5. The van der Waals surface area contributed by atoms with Crippen molar-refractivity contribution in [3.05, 3.63) is 54.0 Å². The number of ether oxygens (including phenoxy) is 1. The Morgan fingerprint density at radius 2 is 1.97 bits per heavy atom. The summed E-state index contributed by atoms with van der Waals surface area (Å²) in [5.74, 6) is 1.86. The van der Waals surface area contributed by atoms with E-state index in [0.29, 0.717) is 23.1 Å². The maximum Gasteiger partial charge on any atom is 0.229 e.